The quantitative estimate of drug-likeness (QED) is 0.409. The van der Waals surface area contributed by atoms with Crippen LogP contribution >= 0.6 is 34.5 Å². The van der Waals surface area contributed by atoms with Crippen LogP contribution in [0.4, 0.5) is 0 Å². The summed E-state index contributed by atoms with van der Waals surface area (Å²) in [4.78, 5) is 32.1. The minimum atomic E-state index is -1.03. The molecule has 2 heterocycles. The molecule has 1 aliphatic rings. The summed E-state index contributed by atoms with van der Waals surface area (Å²) in [7, 11) is 0. The van der Waals surface area contributed by atoms with E-state index in [0.717, 1.165) is 23.4 Å². The molecule has 9 heteroatoms. The number of hydrogen-bond acceptors (Lipinski definition) is 5. The van der Waals surface area contributed by atoms with Crippen molar-refractivity contribution in [2.45, 2.75) is 44.8 Å². The fraction of sp³-hybridized carbons (Fsp3) is 0.346. The molecule has 6 nitrogen and oxygen atoms in total. The van der Waals surface area contributed by atoms with Crippen LogP contribution in [-0.4, -0.2) is 40.4 Å². The predicted octanol–water partition coefficient (Wildman–Crippen LogP) is 5.94. The van der Waals surface area contributed by atoms with Crippen LogP contribution in [0.2, 0.25) is 10.0 Å². The Hall–Kier alpha value is -2.61. The Labute approximate surface area is 219 Å². The summed E-state index contributed by atoms with van der Waals surface area (Å²) in [5.41, 5.74) is 0.359. The van der Waals surface area contributed by atoms with Crippen molar-refractivity contribution >= 4 is 46.4 Å². The van der Waals surface area contributed by atoms with Crippen LogP contribution in [0.3, 0.4) is 0 Å². The monoisotopic (exact) mass is 531 g/mol. The molecule has 0 atom stereocenters. The number of nitrogens with zero attached hydrogens (tertiary/aromatic N) is 2. The number of carbonyl (C=O) groups excluding carboxylic acids is 2. The summed E-state index contributed by atoms with van der Waals surface area (Å²) in [5.74, 6) is 0.437. The van der Waals surface area contributed by atoms with E-state index < -0.39 is 5.60 Å². The number of hydrogen-bond donors (Lipinski definition) is 1. The zero-order valence-electron chi connectivity index (χ0n) is 19.6. The van der Waals surface area contributed by atoms with Crippen molar-refractivity contribution in [3.63, 3.8) is 0 Å². The Morgan fingerprint density at radius 3 is 2.49 bits per heavy atom. The summed E-state index contributed by atoms with van der Waals surface area (Å²) in [5, 5.41) is 6.76. The van der Waals surface area contributed by atoms with Crippen LogP contribution in [0.1, 0.15) is 53.7 Å². The standard InChI is InChI=1S/C26H27Cl2N3O3S/c1-26(2,34-22-6-4-3-5-20(22)28)25(33)31-13-11-18(12-14-31)24-30-21(16-35-24)23(32)29-15-17-7-9-19(27)10-8-17/h3-10,16,18H,11-15H2,1-2H3,(H,29,32). The van der Waals surface area contributed by atoms with Crippen LogP contribution in [0.15, 0.2) is 53.9 Å². The van der Waals surface area contributed by atoms with E-state index in [0.29, 0.717) is 41.1 Å². The van der Waals surface area contributed by atoms with E-state index in [-0.39, 0.29) is 17.7 Å². The summed E-state index contributed by atoms with van der Waals surface area (Å²) in [6.45, 7) is 5.16. The summed E-state index contributed by atoms with van der Waals surface area (Å²) < 4.78 is 5.97. The summed E-state index contributed by atoms with van der Waals surface area (Å²) >= 11 is 13.6. The smallest absolute Gasteiger partial charge is 0.271 e. The second-order valence-corrected chi connectivity index (χ2v) is 10.7. The number of benzene rings is 2. The molecule has 2 amide bonds. The zero-order valence-corrected chi connectivity index (χ0v) is 21.9. The van der Waals surface area contributed by atoms with Gasteiger partial charge >= 0.3 is 0 Å². The van der Waals surface area contributed by atoms with Crippen LogP contribution in [-0.2, 0) is 11.3 Å². The number of nitrogens with one attached hydrogen (secondary N) is 1. The molecule has 0 unspecified atom stereocenters. The predicted molar refractivity (Wildman–Crippen MR) is 139 cm³/mol. The molecule has 184 valence electrons. The summed E-state index contributed by atoms with van der Waals surface area (Å²) in [6, 6.07) is 14.5. The number of aromatic nitrogens is 1. The van der Waals surface area contributed by atoms with Crippen molar-refractivity contribution in [1.29, 1.82) is 0 Å². The van der Waals surface area contributed by atoms with Gasteiger partial charge in [-0.1, -0.05) is 47.5 Å². The number of carbonyl (C=O) groups is 2. The van der Waals surface area contributed by atoms with Gasteiger partial charge in [0.2, 0.25) is 0 Å². The number of rotatable bonds is 7. The lowest BCUT2D eigenvalue weighted by molar-refractivity contribution is -0.146. The van der Waals surface area contributed by atoms with Gasteiger partial charge < -0.3 is 15.0 Å². The van der Waals surface area contributed by atoms with Crippen molar-refractivity contribution in [3.8, 4) is 5.75 Å². The molecule has 4 rings (SSSR count). The van der Waals surface area contributed by atoms with Gasteiger partial charge in [0, 0.05) is 36.0 Å². The van der Waals surface area contributed by atoms with Crippen molar-refractivity contribution < 1.29 is 14.3 Å². The van der Waals surface area contributed by atoms with Crippen molar-refractivity contribution in [1.82, 2.24) is 15.2 Å². The van der Waals surface area contributed by atoms with E-state index in [4.69, 9.17) is 27.9 Å². The third-order valence-corrected chi connectivity index (χ3v) is 7.54. The maximum atomic E-state index is 13.2. The minimum absolute atomic E-state index is 0.0720. The van der Waals surface area contributed by atoms with E-state index in [1.54, 1.807) is 43.5 Å². The van der Waals surface area contributed by atoms with Gasteiger partial charge in [-0.15, -0.1) is 11.3 Å². The highest BCUT2D eigenvalue weighted by Gasteiger charge is 2.37. The highest BCUT2D eigenvalue weighted by Crippen LogP contribution is 2.33. The van der Waals surface area contributed by atoms with Gasteiger partial charge in [-0.05, 0) is 56.5 Å². The zero-order chi connectivity index (χ0) is 25.0. The molecule has 1 N–H and O–H groups in total. The first-order chi connectivity index (χ1) is 16.7. The van der Waals surface area contributed by atoms with E-state index in [9.17, 15) is 9.59 Å². The minimum Gasteiger partial charge on any atom is -0.476 e. The van der Waals surface area contributed by atoms with Gasteiger partial charge in [0.1, 0.15) is 11.4 Å². The lowest BCUT2D eigenvalue weighted by Gasteiger charge is -2.36. The van der Waals surface area contributed by atoms with Gasteiger partial charge in [0.25, 0.3) is 11.8 Å². The molecule has 0 saturated carbocycles. The highest BCUT2D eigenvalue weighted by atomic mass is 35.5. The Morgan fingerprint density at radius 2 is 1.80 bits per heavy atom. The van der Waals surface area contributed by atoms with Crippen LogP contribution in [0, 0.1) is 0 Å². The summed E-state index contributed by atoms with van der Waals surface area (Å²) in [6.07, 6.45) is 1.57. The van der Waals surface area contributed by atoms with E-state index >= 15 is 0 Å². The first-order valence-electron chi connectivity index (χ1n) is 11.4. The number of likely N-dealkylation sites (tertiary alicyclic amines) is 1. The second-order valence-electron chi connectivity index (χ2n) is 8.99. The third-order valence-electron chi connectivity index (χ3n) is 5.97. The van der Waals surface area contributed by atoms with E-state index in [2.05, 4.69) is 10.3 Å². The van der Waals surface area contributed by atoms with Crippen molar-refractivity contribution in [2.75, 3.05) is 13.1 Å². The average molecular weight is 532 g/mol. The molecule has 0 aliphatic carbocycles. The van der Waals surface area contributed by atoms with Crippen LogP contribution in [0.5, 0.6) is 5.75 Å². The maximum absolute atomic E-state index is 13.2. The number of halogens is 2. The first kappa shape index (κ1) is 25.5. The fourth-order valence-corrected chi connectivity index (χ4v) is 5.28. The molecular formula is C26H27Cl2N3O3S. The maximum Gasteiger partial charge on any atom is 0.271 e. The average Bonchev–Trinajstić information content (AvgIpc) is 3.35. The van der Waals surface area contributed by atoms with E-state index in [1.807, 2.05) is 29.2 Å². The molecule has 3 aromatic rings. The largest absolute Gasteiger partial charge is 0.476 e. The molecule has 1 fully saturated rings. The Kier molecular flexibility index (Phi) is 7.99. The van der Waals surface area contributed by atoms with Crippen molar-refractivity contribution in [3.05, 3.63) is 80.2 Å². The number of piperidine rings is 1. The Balaban J connectivity index is 1.30. The molecule has 0 bridgehead atoms. The molecule has 1 aromatic heterocycles. The number of amides is 2. The molecule has 0 spiro atoms. The lowest BCUT2D eigenvalue weighted by atomic mass is 9.96. The third kappa shape index (κ3) is 6.34. The van der Waals surface area contributed by atoms with E-state index in [1.165, 1.54) is 11.3 Å². The topological polar surface area (TPSA) is 71.5 Å². The van der Waals surface area contributed by atoms with Crippen LogP contribution in [0.25, 0.3) is 0 Å². The second kappa shape index (κ2) is 11.0. The molecular weight excluding hydrogens is 505 g/mol. The van der Waals surface area contributed by atoms with Gasteiger partial charge in [-0.2, -0.15) is 0 Å². The van der Waals surface area contributed by atoms with Gasteiger partial charge in [0.15, 0.2) is 5.60 Å². The Morgan fingerprint density at radius 1 is 1.11 bits per heavy atom. The highest BCUT2D eigenvalue weighted by molar-refractivity contribution is 7.09. The number of ether oxygens (including phenoxy) is 1. The normalized spacial score (nSPS) is 14.6. The SMILES string of the molecule is CC(C)(Oc1ccccc1Cl)C(=O)N1CCC(c2nc(C(=O)NCc3ccc(Cl)cc3)cs2)CC1. The molecule has 35 heavy (non-hydrogen) atoms. The van der Waals surface area contributed by atoms with Gasteiger partial charge in [0.05, 0.1) is 10.0 Å². The fourth-order valence-electron chi connectivity index (χ4n) is 4.01. The molecule has 1 aliphatic heterocycles. The van der Waals surface area contributed by atoms with Gasteiger partial charge in [-0.25, -0.2) is 4.98 Å². The number of para-hydroxylation sites is 1. The lowest BCUT2D eigenvalue weighted by Crippen LogP contribution is -2.51. The Bertz CT molecular complexity index is 1190. The number of thiazole rings is 1. The first-order valence-corrected chi connectivity index (χ1v) is 13.1. The van der Waals surface area contributed by atoms with Crippen molar-refractivity contribution in [2.24, 2.45) is 0 Å². The van der Waals surface area contributed by atoms with Gasteiger partial charge in [-0.3, -0.25) is 9.59 Å². The molecule has 1 saturated heterocycles. The molecule has 0 radical (unpaired) electrons. The van der Waals surface area contributed by atoms with Crippen LogP contribution < -0.4 is 10.1 Å². The molecule has 2 aromatic carbocycles.